The zero-order chi connectivity index (χ0) is 14.8. The second kappa shape index (κ2) is 5.69. The molecule has 0 radical (unpaired) electrons. The third kappa shape index (κ3) is 2.69. The zero-order valence-corrected chi connectivity index (χ0v) is 13.1. The van der Waals surface area contributed by atoms with Gasteiger partial charge in [0.15, 0.2) is 0 Å². The topological polar surface area (TPSA) is 64.9 Å². The highest BCUT2D eigenvalue weighted by molar-refractivity contribution is 9.10. The Bertz CT molecular complexity index is 765. The lowest BCUT2D eigenvalue weighted by atomic mass is 10.1. The first-order valence-electron chi connectivity index (χ1n) is 6.66. The summed E-state index contributed by atoms with van der Waals surface area (Å²) in [6, 6.07) is 13.7. The first-order valence-corrected chi connectivity index (χ1v) is 7.45. The monoisotopic (exact) mass is 343 g/mol. The molecule has 1 aromatic heterocycles. The van der Waals surface area contributed by atoms with Crippen molar-refractivity contribution in [1.82, 2.24) is 10.1 Å². The van der Waals surface area contributed by atoms with Crippen LogP contribution in [0.15, 0.2) is 51.5 Å². The summed E-state index contributed by atoms with van der Waals surface area (Å²) in [6.45, 7) is 2.12. The molecular weight excluding hydrogens is 330 g/mol. The summed E-state index contributed by atoms with van der Waals surface area (Å²) < 4.78 is 6.15. The van der Waals surface area contributed by atoms with Crippen molar-refractivity contribution in [2.45, 2.75) is 13.3 Å². The van der Waals surface area contributed by atoms with Gasteiger partial charge in [-0.2, -0.15) is 4.98 Å². The molecule has 0 spiro atoms. The van der Waals surface area contributed by atoms with Gasteiger partial charge in [-0.25, -0.2) is 0 Å². The minimum atomic E-state index is 0.420. The molecule has 0 saturated carbocycles. The van der Waals surface area contributed by atoms with E-state index >= 15 is 0 Å². The number of nitrogens with two attached hydrogens (primary N) is 1. The SMILES string of the molecule is CCc1ccc(-c2noc(-c3cccc(Br)c3N)n2)cc1. The van der Waals surface area contributed by atoms with E-state index in [0.29, 0.717) is 17.4 Å². The quantitative estimate of drug-likeness (QED) is 0.719. The van der Waals surface area contributed by atoms with Crippen molar-refractivity contribution in [3.63, 3.8) is 0 Å². The third-order valence-corrected chi connectivity index (χ3v) is 4.02. The van der Waals surface area contributed by atoms with Crippen LogP contribution in [-0.4, -0.2) is 10.1 Å². The largest absolute Gasteiger partial charge is 0.397 e. The highest BCUT2D eigenvalue weighted by Gasteiger charge is 2.14. The summed E-state index contributed by atoms with van der Waals surface area (Å²) in [5, 5.41) is 4.03. The summed E-state index contributed by atoms with van der Waals surface area (Å²) in [4.78, 5) is 4.43. The molecule has 0 fully saturated rings. The Morgan fingerprint density at radius 3 is 2.62 bits per heavy atom. The smallest absolute Gasteiger partial charge is 0.260 e. The molecule has 21 heavy (non-hydrogen) atoms. The number of halogens is 1. The Kier molecular flexibility index (Phi) is 3.75. The molecule has 0 amide bonds. The van der Waals surface area contributed by atoms with Crippen molar-refractivity contribution in [1.29, 1.82) is 0 Å². The van der Waals surface area contributed by atoms with Crippen LogP contribution < -0.4 is 5.73 Å². The van der Waals surface area contributed by atoms with E-state index < -0.39 is 0 Å². The van der Waals surface area contributed by atoms with Gasteiger partial charge >= 0.3 is 0 Å². The van der Waals surface area contributed by atoms with Gasteiger partial charge in [-0.3, -0.25) is 0 Å². The molecule has 0 aliphatic carbocycles. The molecule has 0 atom stereocenters. The summed E-state index contributed by atoms with van der Waals surface area (Å²) in [7, 11) is 0. The Morgan fingerprint density at radius 2 is 1.90 bits per heavy atom. The summed E-state index contributed by atoms with van der Waals surface area (Å²) in [5.74, 6) is 0.982. The second-order valence-corrected chi connectivity index (χ2v) is 5.53. The molecule has 0 unspecified atom stereocenters. The van der Waals surface area contributed by atoms with E-state index in [2.05, 4.69) is 45.1 Å². The fraction of sp³-hybridized carbons (Fsp3) is 0.125. The van der Waals surface area contributed by atoms with Crippen LogP contribution in [0.3, 0.4) is 0 Å². The number of hydrogen-bond acceptors (Lipinski definition) is 4. The fourth-order valence-corrected chi connectivity index (χ4v) is 2.43. The molecule has 4 nitrogen and oxygen atoms in total. The Hall–Kier alpha value is -2.14. The van der Waals surface area contributed by atoms with Gasteiger partial charge in [0.1, 0.15) is 0 Å². The number of aromatic nitrogens is 2. The number of para-hydroxylation sites is 1. The van der Waals surface area contributed by atoms with Gasteiger partial charge in [0.05, 0.1) is 11.3 Å². The van der Waals surface area contributed by atoms with Crippen molar-refractivity contribution < 1.29 is 4.52 Å². The summed E-state index contributed by atoms with van der Waals surface area (Å²) >= 11 is 3.40. The van der Waals surface area contributed by atoms with Crippen molar-refractivity contribution in [2.75, 3.05) is 5.73 Å². The van der Waals surface area contributed by atoms with Crippen LogP contribution in [0.5, 0.6) is 0 Å². The normalized spacial score (nSPS) is 10.8. The van der Waals surface area contributed by atoms with Gasteiger partial charge in [-0.1, -0.05) is 42.4 Å². The maximum Gasteiger partial charge on any atom is 0.260 e. The Labute approximate surface area is 131 Å². The van der Waals surface area contributed by atoms with Crippen LogP contribution in [-0.2, 0) is 6.42 Å². The molecule has 3 aromatic rings. The lowest BCUT2D eigenvalue weighted by molar-refractivity contribution is 0.432. The van der Waals surface area contributed by atoms with Crippen molar-refractivity contribution >= 4 is 21.6 Å². The van der Waals surface area contributed by atoms with Crippen LogP contribution in [0.1, 0.15) is 12.5 Å². The van der Waals surface area contributed by atoms with Gasteiger partial charge in [0, 0.05) is 10.0 Å². The molecule has 0 aliphatic heterocycles. The van der Waals surface area contributed by atoms with Crippen LogP contribution in [0.4, 0.5) is 5.69 Å². The van der Waals surface area contributed by atoms with Gasteiger partial charge in [0.25, 0.3) is 5.89 Å². The second-order valence-electron chi connectivity index (χ2n) is 4.67. The van der Waals surface area contributed by atoms with Gasteiger partial charge in [-0.15, -0.1) is 0 Å². The maximum absolute atomic E-state index is 6.03. The van der Waals surface area contributed by atoms with Crippen LogP contribution in [0.2, 0.25) is 0 Å². The van der Waals surface area contributed by atoms with E-state index in [4.69, 9.17) is 10.3 Å². The number of anilines is 1. The lowest BCUT2D eigenvalue weighted by Gasteiger charge is -2.01. The number of rotatable bonds is 3. The lowest BCUT2D eigenvalue weighted by Crippen LogP contribution is -1.91. The highest BCUT2D eigenvalue weighted by Crippen LogP contribution is 2.31. The van der Waals surface area contributed by atoms with Crippen molar-refractivity contribution in [2.24, 2.45) is 0 Å². The van der Waals surface area contributed by atoms with Crippen molar-refractivity contribution in [3.8, 4) is 22.8 Å². The van der Waals surface area contributed by atoms with E-state index in [9.17, 15) is 0 Å². The highest BCUT2D eigenvalue weighted by atomic mass is 79.9. The molecule has 0 bridgehead atoms. The Morgan fingerprint density at radius 1 is 1.14 bits per heavy atom. The first kappa shape index (κ1) is 13.8. The maximum atomic E-state index is 6.03. The molecule has 5 heteroatoms. The number of nitrogens with zero attached hydrogens (tertiary/aromatic N) is 2. The van der Waals surface area contributed by atoms with E-state index in [-0.39, 0.29) is 0 Å². The molecule has 106 valence electrons. The minimum absolute atomic E-state index is 0.420. The van der Waals surface area contributed by atoms with Gasteiger partial charge < -0.3 is 10.3 Å². The number of nitrogen functional groups attached to an aromatic ring is 1. The molecule has 1 heterocycles. The first-order chi connectivity index (χ1) is 10.2. The van der Waals surface area contributed by atoms with E-state index in [1.165, 1.54) is 5.56 Å². The fourth-order valence-electron chi connectivity index (χ4n) is 2.06. The predicted octanol–water partition coefficient (Wildman–Crippen LogP) is 4.31. The molecule has 0 saturated heterocycles. The number of aryl methyl sites for hydroxylation is 1. The molecule has 2 aromatic carbocycles. The predicted molar refractivity (Wildman–Crippen MR) is 86.7 cm³/mol. The average molecular weight is 344 g/mol. The molecule has 0 aliphatic rings. The van der Waals surface area contributed by atoms with Gasteiger partial charge in [-0.05, 0) is 40.0 Å². The number of hydrogen-bond donors (Lipinski definition) is 1. The van der Waals surface area contributed by atoms with Crippen LogP contribution >= 0.6 is 15.9 Å². The average Bonchev–Trinajstić information content (AvgIpc) is 3.00. The van der Waals surface area contributed by atoms with E-state index in [1.807, 2.05) is 30.3 Å². The third-order valence-electron chi connectivity index (χ3n) is 3.33. The zero-order valence-electron chi connectivity index (χ0n) is 11.5. The molecule has 3 rings (SSSR count). The van der Waals surface area contributed by atoms with E-state index in [0.717, 1.165) is 22.0 Å². The van der Waals surface area contributed by atoms with E-state index in [1.54, 1.807) is 0 Å². The van der Waals surface area contributed by atoms with Crippen molar-refractivity contribution in [3.05, 3.63) is 52.5 Å². The summed E-state index contributed by atoms with van der Waals surface area (Å²) in [5.41, 5.74) is 9.55. The standard InChI is InChI=1S/C16H14BrN3O/c1-2-10-6-8-11(9-7-10)15-19-16(21-20-15)12-4-3-5-13(17)14(12)18/h3-9H,2,18H2,1H3. The van der Waals surface area contributed by atoms with Gasteiger partial charge in [0.2, 0.25) is 5.82 Å². The summed E-state index contributed by atoms with van der Waals surface area (Å²) in [6.07, 6.45) is 1.01. The molecular formula is C16H14BrN3O. The Balaban J connectivity index is 1.97. The number of benzene rings is 2. The van der Waals surface area contributed by atoms with Crippen LogP contribution in [0, 0.1) is 0 Å². The minimum Gasteiger partial charge on any atom is -0.397 e. The molecule has 2 N–H and O–H groups in total. The van der Waals surface area contributed by atoms with Crippen LogP contribution in [0.25, 0.3) is 22.8 Å².